The molecule has 2 atom stereocenters. The van der Waals surface area contributed by atoms with Gasteiger partial charge in [0.1, 0.15) is 11.7 Å². The fourth-order valence-electron chi connectivity index (χ4n) is 3.19. The van der Waals surface area contributed by atoms with Crippen LogP contribution in [0.4, 0.5) is 0 Å². The fraction of sp³-hybridized carbons (Fsp3) is 0.417. The first-order valence-corrected chi connectivity index (χ1v) is 11.7. The predicted molar refractivity (Wildman–Crippen MR) is 131 cm³/mol. The van der Waals surface area contributed by atoms with Crippen LogP contribution in [0.25, 0.3) is 0 Å². The van der Waals surface area contributed by atoms with E-state index in [4.69, 9.17) is 55.9 Å². The van der Waals surface area contributed by atoms with Gasteiger partial charge in [-0.05, 0) is 63.1 Å². The van der Waals surface area contributed by atoms with Gasteiger partial charge in [-0.25, -0.2) is 0 Å². The molecular formula is C24H26Cl4O5. The molecule has 0 amide bonds. The van der Waals surface area contributed by atoms with E-state index in [-0.39, 0.29) is 16.5 Å². The molecule has 0 fully saturated rings. The molecule has 0 aromatic heterocycles. The van der Waals surface area contributed by atoms with E-state index in [0.29, 0.717) is 21.2 Å². The van der Waals surface area contributed by atoms with E-state index >= 15 is 0 Å². The number of rotatable bonds is 7. The van der Waals surface area contributed by atoms with Crippen molar-refractivity contribution in [3.8, 4) is 0 Å². The summed E-state index contributed by atoms with van der Waals surface area (Å²) < 4.78 is 10.9. The molecule has 2 rings (SSSR count). The third kappa shape index (κ3) is 7.00. The van der Waals surface area contributed by atoms with Gasteiger partial charge < -0.3 is 14.6 Å². The van der Waals surface area contributed by atoms with Gasteiger partial charge in [0.2, 0.25) is 0 Å². The van der Waals surface area contributed by atoms with Crippen molar-refractivity contribution < 1.29 is 24.2 Å². The minimum Gasteiger partial charge on any atom is -0.460 e. The molecule has 0 bridgehead atoms. The molecule has 0 saturated heterocycles. The Morgan fingerprint density at radius 1 is 0.879 bits per heavy atom. The number of carbonyl (C=O) groups is 2. The van der Waals surface area contributed by atoms with Gasteiger partial charge in [-0.1, -0.05) is 65.5 Å². The van der Waals surface area contributed by atoms with E-state index in [1.165, 1.54) is 31.2 Å². The van der Waals surface area contributed by atoms with Crippen molar-refractivity contribution in [1.29, 1.82) is 0 Å². The highest BCUT2D eigenvalue weighted by atomic mass is 35.5. The summed E-state index contributed by atoms with van der Waals surface area (Å²) in [6.07, 6.45) is -1.26. The summed E-state index contributed by atoms with van der Waals surface area (Å²) in [7, 11) is 0. The number of aliphatic hydroxyl groups is 1. The molecule has 33 heavy (non-hydrogen) atoms. The van der Waals surface area contributed by atoms with Gasteiger partial charge in [-0.3, -0.25) is 9.59 Å². The van der Waals surface area contributed by atoms with Crippen LogP contribution in [0.1, 0.15) is 52.2 Å². The molecule has 2 aromatic carbocycles. The van der Waals surface area contributed by atoms with Crippen molar-refractivity contribution >= 4 is 58.3 Å². The lowest BCUT2D eigenvalue weighted by molar-refractivity contribution is -0.169. The molecule has 1 N–H and O–H groups in total. The minimum atomic E-state index is -1.84. The number of halogens is 4. The molecule has 0 heterocycles. The van der Waals surface area contributed by atoms with Gasteiger partial charge in [-0.15, -0.1) is 0 Å². The number of ether oxygens (including phenoxy) is 2. The molecule has 0 unspecified atom stereocenters. The van der Waals surface area contributed by atoms with E-state index in [1.54, 1.807) is 39.8 Å². The Labute approximate surface area is 213 Å². The van der Waals surface area contributed by atoms with Crippen molar-refractivity contribution in [3.63, 3.8) is 0 Å². The number of hydrogen-bond acceptors (Lipinski definition) is 5. The average Bonchev–Trinajstić information content (AvgIpc) is 2.69. The van der Waals surface area contributed by atoms with Crippen LogP contribution < -0.4 is 0 Å². The molecule has 0 radical (unpaired) electrons. The Balaban J connectivity index is 2.37. The highest BCUT2D eigenvalue weighted by molar-refractivity contribution is 6.42. The van der Waals surface area contributed by atoms with Crippen molar-refractivity contribution in [2.75, 3.05) is 0 Å². The molecular weight excluding hydrogens is 510 g/mol. The summed E-state index contributed by atoms with van der Waals surface area (Å²) in [4.78, 5) is 24.9. The molecule has 0 aliphatic carbocycles. The summed E-state index contributed by atoms with van der Waals surface area (Å²) in [6, 6.07) is 9.18. The Morgan fingerprint density at radius 2 is 1.33 bits per heavy atom. The van der Waals surface area contributed by atoms with E-state index in [2.05, 4.69) is 0 Å². The quantitative estimate of drug-likeness (QED) is 0.393. The maximum atomic E-state index is 12.8. The van der Waals surface area contributed by atoms with Gasteiger partial charge in [-0.2, -0.15) is 0 Å². The van der Waals surface area contributed by atoms with E-state index in [9.17, 15) is 14.7 Å². The lowest BCUT2D eigenvalue weighted by Crippen LogP contribution is -2.42. The highest BCUT2D eigenvalue weighted by Crippen LogP contribution is 2.39. The monoisotopic (exact) mass is 534 g/mol. The van der Waals surface area contributed by atoms with Crippen molar-refractivity contribution in [2.45, 2.75) is 58.3 Å². The van der Waals surface area contributed by atoms with Crippen LogP contribution in [-0.4, -0.2) is 28.8 Å². The Morgan fingerprint density at radius 3 is 1.73 bits per heavy atom. The molecule has 2 aromatic rings. The standard InChI is InChI=1S/C24H26Cl4O5/c1-13(10-21(29)33-23(3,4)5)22(30)32-14(2)24(31,15-6-8-17(25)19(27)11-15)16-7-9-18(26)20(28)12-16/h6-9,11-14,31H,10H2,1-5H3/t13-,14+/m1/s1. The fourth-order valence-corrected chi connectivity index (χ4v) is 3.79. The molecule has 0 aliphatic rings. The summed E-state index contributed by atoms with van der Waals surface area (Å²) in [5.74, 6) is -2.00. The van der Waals surface area contributed by atoms with Crippen LogP contribution >= 0.6 is 46.4 Å². The maximum Gasteiger partial charge on any atom is 0.309 e. The predicted octanol–water partition coefficient (Wildman–Crippen LogP) is 6.84. The first-order chi connectivity index (χ1) is 15.1. The molecule has 5 nitrogen and oxygen atoms in total. The van der Waals surface area contributed by atoms with Crippen LogP contribution in [0.15, 0.2) is 36.4 Å². The SMILES string of the molecule is C[C@H](CC(=O)OC(C)(C)C)C(=O)O[C@@H](C)C(O)(c1ccc(Cl)c(Cl)c1)c1ccc(Cl)c(Cl)c1. The lowest BCUT2D eigenvalue weighted by Gasteiger charge is -2.35. The summed E-state index contributed by atoms with van der Waals surface area (Å²) in [6.45, 7) is 8.30. The zero-order valence-corrected chi connectivity index (χ0v) is 21.9. The second kappa shape index (κ2) is 10.8. The van der Waals surface area contributed by atoms with Crippen LogP contribution in [0.3, 0.4) is 0 Å². The molecule has 0 spiro atoms. The van der Waals surface area contributed by atoms with E-state index in [0.717, 1.165) is 0 Å². The Hall–Kier alpha value is -1.50. The van der Waals surface area contributed by atoms with Gasteiger partial charge >= 0.3 is 11.9 Å². The highest BCUT2D eigenvalue weighted by Gasteiger charge is 2.41. The second-order valence-corrected chi connectivity index (χ2v) is 10.4. The van der Waals surface area contributed by atoms with Crippen LogP contribution in [0.5, 0.6) is 0 Å². The molecule has 0 saturated carbocycles. The number of carbonyl (C=O) groups excluding carboxylic acids is 2. The number of esters is 2. The zero-order chi connectivity index (χ0) is 25.1. The first kappa shape index (κ1) is 27.7. The third-order valence-corrected chi connectivity index (χ3v) is 6.37. The van der Waals surface area contributed by atoms with Gasteiger partial charge in [0.15, 0.2) is 5.60 Å². The van der Waals surface area contributed by atoms with E-state index < -0.39 is 35.2 Å². The summed E-state index contributed by atoms with van der Waals surface area (Å²) in [5.41, 5.74) is -1.86. The van der Waals surface area contributed by atoms with Crippen molar-refractivity contribution in [1.82, 2.24) is 0 Å². The number of benzene rings is 2. The smallest absolute Gasteiger partial charge is 0.309 e. The van der Waals surface area contributed by atoms with E-state index in [1.807, 2.05) is 0 Å². The van der Waals surface area contributed by atoms with Crippen molar-refractivity contribution in [2.24, 2.45) is 5.92 Å². The molecule has 9 heteroatoms. The topological polar surface area (TPSA) is 72.8 Å². The van der Waals surface area contributed by atoms with Crippen LogP contribution in [0, 0.1) is 5.92 Å². The maximum absolute atomic E-state index is 12.8. The van der Waals surface area contributed by atoms with Crippen molar-refractivity contribution in [3.05, 3.63) is 67.6 Å². The largest absolute Gasteiger partial charge is 0.460 e. The average molecular weight is 536 g/mol. The normalized spacial score (nSPS) is 13.9. The zero-order valence-electron chi connectivity index (χ0n) is 18.9. The third-order valence-electron chi connectivity index (χ3n) is 4.90. The van der Waals surface area contributed by atoms with Crippen LogP contribution in [-0.2, 0) is 24.7 Å². The van der Waals surface area contributed by atoms with Gasteiger partial charge in [0.25, 0.3) is 0 Å². The van der Waals surface area contributed by atoms with Gasteiger partial charge in [0.05, 0.1) is 32.4 Å². The first-order valence-electron chi connectivity index (χ1n) is 10.2. The lowest BCUT2D eigenvalue weighted by atomic mass is 9.82. The summed E-state index contributed by atoms with van der Waals surface area (Å²) in [5, 5.41) is 12.9. The minimum absolute atomic E-state index is 0.166. The molecule has 0 aliphatic heterocycles. The number of hydrogen-bond donors (Lipinski definition) is 1. The summed E-state index contributed by atoms with van der Waals surface area (Å²) >= 11 is 24.5. The van der Waals surface area contributed by atoms with Gasteiger partial charge in [0, 0.05) is 0 Å². The molecule has 180 valence electrons. The Kier molecular flexibility index (Phi) is 9.11. The second-order valence-electron chi connectivity index (χ2n) is 8.79. The van der Waals surface area contributed by atoms with Crippen LogP contribution in [0.2, 0.25) is 20.1 Å². The Bertz CT molecular complexity index is 981.